The number of carbonyl (C=O) groups is 14. The van der Waals surface area contributed by atoms with Crippen LogP contribution in [0.5, 0.6) is 0 Å². The number of aliphatic hydroxyl groups is 1. The largest absolute Gasteiger partial charge is 0.481 e. The van der Waals surface area contributed by atoms with Crippen LogP contribution in [-0.2, 0) is 73.5 Å². The van der Waals surface area contributed by atoms with Crippen LogP contribution in [0.25, 0.3) is 22.0 Å². The van der Waals surface area contributed by atoms with E-state index in [4.69, 9.17) is 32.8 Å². The van der Waals surface area contributed by atoms with E-state index in [1.807, 2.05) is 48.5 Å². The van der Waals surface area contributed by atoms with Crippen LogP contribution in [0, 0.1) is 10.8 Å². The molecule has 39 heteroatoms. The molecule has 3 heterocycles. The molecule has 7 rings (SSSR count). The second-order valence-corrected chi connectivity index (χ2v) is 26.5. The second kappa shape index (κ2) is 40.9. The monoisotopic (exact) mass is 1540 g/mol. The van der Waals surface area contributed by atoms with Gasteiger partial charge in [-0.2, -0.15) is 25.3 Å². The van der Waals surface area contributed by atoms with Gasteiger partial charge < -0.3 is 111 Å². The van der Waals surface area contributed by atoms with Crippen LogP contribution in [0.3, 0.4) is 0 Å². The van der Waals surface area contributed by atoms with E-state index in [-0.39, 0.29) is 77.1 Å². The topological polar surface area (TPSA) is 590 Å². The van der Waals surface area contributed by atoms with Crippen molar-refractivity contribution < 1.29 is 82.1 Å². The number of nitrogens with zero attached hydrogens (tertiary/aromatic N) is 1. The van der Waals surface area contributed by atoms with Gasteiger partial charge in [0, 0.05) is 54.7 Å². The Kier molecular flexibility index (Phi) is 31.7. The van der Waals surface area contributed by atoms with E-state index in [1.165, 1.54) is 19.1 Å². The average Bonchev–Trinajstić information content (AvgIpc) is 1.61. The third kappa shape index (κ3) is 24.3. The van der Waals surface area contributed by atoms with E-state index in [0.29, 0.717) is 11.2 Å². The molecular formula is C69H92N20O17S2. The number of H-pyrrole nitrogens is 1. The molecule has 0 radical (unpaired) electrons. The lowest BCUT2D eigenvalue weighted by atomic mass is 9.98. The third-order valence-electron chi connectivity index (χ3n) is 17.9. The first-order valence-electron chi connectivity index (χ1n) is 34.7. The van der Waals surface area contributed by atoms with Crippen LogP contribution in [0.15, 0.2) is 91.0 Å². The number of benzene rings is 3. The summed E-state index contributed by atoms with van der Waals surface area (Å²) in [6.07, 6.45) is -0.994. The Labute approximate surface area is 630 Å². The Hall–Kier alpha value is -11.5. The number of ether oxygens (including phenoxy) is 1. The summed E-state index contributed by atoms with van der Waals surface area (Å²) in [5.41, 5.74) is 21.7. The lowest BCUT2D eigenvalue weighted by Crippen LogP contribution is -2.61. The molecule has 37 nitrogen and oxygen atoms in total. The van der Waals surface area contributed by atoms with E-state index in [1.54, 1.807) is 30.3 Å². The number of carboxylic acid groups (broad SMARTS) is 1. The van der Waals surface area contributed by atoms with Gasteiger partial charge in [-0.05, 0) is 98.1 Å². The van der Waals surface area contributed by atoms with Crippen molar-refractivity contribution in [2.24, 2.45) is 17.2 Å². The van der Waals surface area contributed by atoms with Gasteiger partial charge >= 0.3 is 12.1 Å². The highest BCUT2D eigenvalue weighted by atomic mass is 32.1. The standard InChI is InChI=1S/C69H92N20O17S2/c1-35-57(95)85-48(28-37-27-36-13-2-7-18-43(36)79-37)61(99)82-46(21-10-24-75-67(71)72)58(96)81-44(56(70)94)19-8-9-20-45(83-64(102)51(33-107)80-54(91)30-77-69(105)106-32-42-40-16-5-3-14-38(40)39-15-4-6-17-41(39)42)59(97)87-50(31-90)62(100)86-49(29-55(92)93)66(104)89-26-12-23-53(89)65(103)84-47(22-11-25-76-68(73)74)60(98)88-52(34-108)63(101)78-35/h2-9,13-18,27,35,42,44-53,79,90,107-108H,10-12,19-26,28-34H2,1H3,(H2,70,94)(H,77,105)(H,78,101)(H,80,91)(H,81,96)(H,82,99)(H,83,102)(H,84,103)(H,85,95)(H,86,100)(H,87,97)(H,88,98)(H,92,93)(H4,71,72,75)(H4,73,74,76)/t35-,44-,45-,46-,47-,48-,49-,50-,51-,52-,53?/m0/s1. The maximum Gasteiger partial charge on any atom is 0.407 e. The molecule has 582 valence electrons. The summed E-state index contributed by atoms with van der Waals surface area (Å²) < 4.78 is 5.54. The van der Waals surface area contributed by atoms with Crippen molar-refractivity contribution in [1.82, 2.24) is 79.0 Å². The van der Waals surface area contributed by atoms with E-state index in [2.05, 4.69) is 99.4 Å². The molecule has 2 aliphatic heterocycles. The fraction of sp³-hybridized carbons (Fsp3) is 0.449. The molecule has 3 aliphatic rings. The van der Waals surface area contributed by atoms with Crippen LogP contribution in [0.2, 0.25) is 0 Å². The van der Waals surface area contributed by atoms with Crippen molar-refractivity contribution in [3.63, 3.8) is 0 Å². The number of aliphatic hydroxyl groups excluding tert-OH is 1. The third-order valence-corrected chi connectivity index (χ3v) is 18.6. The SMILES string of the molecule is C[C@@H]1NC(=O)[C@H](CS)NC(=O)[C@H](CCCNC(=N)N)NC(=O)C2CCCN2C(=O)[C@H](CC(=O)O)NC(=O)[C@H](CO)NC(=O)[C@@H](NC(=O)[C@H](CS)NC(=O)CNC(=O)OCC2c3ccccc3-c3ccccc32)CC=CC[C@@H](C(N)=O)NC(=O)[C@H](CCCNC(=N)N)NC(=O)[C@H](Cc2cc3ccccc3[nH]2)NC1=O. The number of thiol groups is 2. The fourth-order valence-electron chi connectivity index (χ4n) is 12.3. The van der Waals surface area contributed by atoms with Crippen molar-refractivity contribution in [3.05, 3.63) is 108 Å². The number of rotatable bonds is 23. The molecule has 11 atom stereocenters. The molecule has 4 aromatic rings. The van der Waals surface area contributed by atoms with Gasteiger partial charge in [0.1, 0.15) is 79.6 Å². The molecule has 1 aromatic heterocycles. The lowest BCUT2D eigenvalue weighted by molar-refractivity contribution is -0.146. The number of hydrogen-bond acceptors (Lipinski definition) is 20. The van der Waals surface area contributed by atoms with Crippen LogP contribution in [0.4, 0.5) is 4.79 Å². The summed E-state index contributed by atoms with van der Waals surface area (Å²) in [5.74, 6) is -16.1. The van der Waals surface area contributed by atoms with Gasteiger partial charge in [0.2, 0.25) is 70.9 Å². The minimum Gasteiger partial charge on any atom is -0.481 e. The molecular weight excluding hydrogens is 1450 g/mol. The highest BCUT2D eigenvalue weighted by Gasteiger charge is 2.42. The number of guanidine groups is 2. The number of aromatic nitrogens is 1. The Balaban J connectivity index is 1.18. The van der Waals surface area contributed by atoms with Gasteiger partial charge in [0.15, 0.2) is 11.9 Å². The number of alkyl carbamates (subject to hydrolysis) is 1. The average molecular weight is 1540 g/mol. The molecule has 3 aromatic carbocycles. The van der Waals surface area contributed by atoms with Gasteiger partial charge in [0.25, 0.3) is 0 Å². The minimum atomic E-state index is -2.02. The normalized spacial score (nSPS) is 22.7. The van der Waals surface area contributed by atoms with E-state index in [9.17, 15) is 77.3 Å². The predicted molar refractivity (Wildman–Crippen MR) is 398 cm³/mol. The van der Waals surface area contributed by atoms with Crippen molar-refractivity contribution >= 4 is 131 Å². The zero-order valence-electron chi connectivity index (χ0n) is 58.9. The van der Waals surface area contributed by atoms with E-state index < -0.39 is 205 Å². The maximum absolute atomic E-state index is 14.7. The first-order chi connectivity index (χ1) is 51.6. The van der Waals surface area contributed by atoms with Crippen molar-refractivity contribution in [2.45, 2.75) is 144 Å². The number of aliphatic carboxylic acids is 1. The predicted octanol–water partition coefficient (Wildman–Crippen LogP) is -4.20. The molecule has 24 N–H and O–H groups in total. The van der Waals surface area contributed by atoms with Gasteiger partial charge in [-0.15, -0.1) is 0 Å². The first-order valence-corrected chi connectivity index (χ1v) is 36.0. The van der Waals surface area contributed by atoms with Crippen molar-refractivity contribution in [3.8, 4) is 11.1 Å². The van der Waals surface area contributed by atoms with Gasteiger partial charge in [-0.3, -0.25) is 73.1 Å². The number of nitrogens with one attached hydrogen (secondary N) is 16. The molecule has 0 bridgehead atoms. The number of fused-ring (bicyclic) bond motifs is 5. The highest BCUT2D eigenvalue weighted by Crippen LogP contribution is 2.44. The minimum absolute atomic E-state index is 0.00609. The molecule has 0 spiro atoms. The number of nitrogens with two attached hydrogens (primary N) is 3. The summed E-state index contributed by atoms with van der Waals surface area (Å²) in [4.78, 5) is 200. The van der Waals surface area contributed by atoms with Gasteiger partial charge in [0.05, 0.1) is 13.0 Å². The number of carbonyl (C=O) groups excluding carboxylic acids is 13. The fourth-order valence-corrected chi connectivity index (χ4v) is 12.8. The number of aromatic amines is 1. The molecule has 108 heavy (non-hydrogen) atoms. The highest BCUT2D eigenvalue weighted by molar-refractivity contribution is 7.80. The Morgan fingerprint density at radius 1 is 0.648 bits per heavy atom. The second-order valence-electron chi connectivity index (χ2n) is 25.8. The molecule has 1 saturated heterocycles. The Morgan fingerprint density at radius 2 is 1.19 bits per heavy atom. The van der Waals surface area contributed by atoms with E-state index in [0.717, 1.165) is 32.5 Å². The van der Waals surface area contributed by atoms with Crippen LogP contribution in [0.1, 0.15) is 87.4 Å². The van der Waals surface area contributed by atoms with E-state index >= 15 is 0 Å². The summed E-state index contributed by atoms with van der Waals surface area (Å²) in [6, 6.07) is 6.16. The number of amides is 13. The Morgan fingerprint density at radius 3 is 1.80 bits per heavy atom. The van der Waals surface area contributed by atoms with Crippen LogP contribution >= 0.6 is 25.3 Å². The first kappa shape index (κ1) is 83.8. The summed E-state index contributed by atoms with van der Waals surface area (Å²) >= 11 is 8.52. The number of para-hydroxylation sites is 1. The van der Waals surface area contributed by atoms with Gasteiger partial charge in [-0.1, -0.05) is 78.9 Å². The van der Waals surface area contributed by atoms with Crippen LogP contribution in [-0.4, -0.2) is 232 Å². The van der Waals surface area contributed by atoms with Gasteiger partial charge in [-0.25, -0.2) is 4.79 Å². The zero-order valence-corrected chi connectivity index (χ0v) is 60.7. The number of primary amides is 1. The molecule has 13 amide bonds. The van der Waals surface area contributed by atoms with Crippen molar-refractivity contribution in [1.29, 1.82) is 10.8 Å². The lowest BCUT2D eigenvalue weighted by Gasteiger charge is -2.30. The summed E-state index contributed by atoms with van der Waals surface area (Å²) in [7, 11) is 0. The molecule has 1 fully saturated rings. The quantitative estimate of drug-likeness (QED) is 0.0110. The summed E-state index contributed by atoms with van der Waals surface area (Å²) in [6.45, 7) is -0.920. The maximum atomic E-state index is 14.7. The molecule has 1 unspecified atom stereocenters. The van der Waals surface area contributed by atoms with Crippen LogP contribution < -0.4 is 86.3 Å². The summed E-state index contributed by atoms with van der Waals surface area (Å²) in [5, 5.41) is 68.9. The number of hydrogen-bond donors (Lipinski definition) is 23. The number of carboxylic acids is 1. The Bertz CT molecular complexity index is 3950. The zero-order chi connectivity index (χ0) is 78.7. The van der Waals surface area contributed by atoms with Crippen molar-refractivity contribution in [2.75, 3.05) is 50.9 Å². The molecule has 0 saturated carbocycles. The molecule has 1 aliphatic carbocycles. The smallest absolute Gasteiger partial charge is 0.407 e.